The van der Waals surface area contributed by atoms with E-state index in [1.165, 1.54) is 0 Å². The molecule has 0 radical (unpaired) electrons. The Labute approximate surface area is 88.5 Å². The summed E-state index contributed by atoms with van der Waals surface area (Å²) >= 11 is 0. The molecular formula is C9H7F3N2O2. The van der Waals surface area contributed by atoms with Crippen molar-refractivity contribution in [3.63, 3.8) is 0 Å². The average molecular weight is 232 g/mol. The topological polar surface area (TPSA) is 59.1 Å². The molecule has 0 saturated carbocycles. The standard InChI is InChI=1S/C9H7F3N2O2/c1-5(15)14-8(16)6-4-13-3-2-7(6)9(10,11)12/h2-4H,1H3,(H,14,15,16). The van der Waals surface area contributed by atoms with E-state index in [4.69, 9.17) is 0 Å². The molecule has 1 aromatic heterocycles. The molecule has 2 amide bonds. The summed E-state index contributed by atoms with van der Waals surface area (Å²) in [5.74, 6) is -1.85. The van der Waals surface area contributed by atoms with Crippen molar-refractivity contribution >= 4 is 11.8 Å². The van der Waals surface area contributed by atoms with E-state index in [1.807, 2.05) is 0 Å². The third kappa shape index (κ3) is 2.78. The van der Waals surface area contributed by atoms with E-state index in [0.29, 0.717) is 6.07 Å². The van der Waals surface area contributed by atoms with Gasteiger partial charge >= 0.3 is 6.18 Å². The summed E-state index contributed by atoms with van der Waals surface area (Å²) < 4.78 is 37.4. The maximum absolute atomic E-state index is 12.5. The largest absolute Gasteiger partial charge is 0.417 e. The third-order valence-electron chi connectivity index (χ3n) is 1.66. The second-order valence-corrected chi connectivity index (χ2v) is 2.93. The minimum Gasteiger partial charge on any atom is -0.293 e. The molecule has 0 aliphatic heterocycles. The summed E-state index contributed by atoms with van der Waals surface area (Å²) in [7, 11) is 0. The van der Waals surface area contributed by atoms with Gasteiger partial charge in [-0.1, -0.05) is 0 Å². The predicted molar refractivity (Wildman–Crippen MR) is 47.4 cm³/mol. The van der Waals surface area contributed by atoms with Crippen LogP contribution in [0, 0.1) is 0 Å². The molecule has 16 heavy (non-hydrogen) atoms. The fourth-order valence-corrected chi connectivity index (χ4v) is 1.05. The van der Waals surface area contributed by atoms with Crippen LogP contribution in [0.1, 0.15) is 22.8 Å². The fraction of sp³-hybridized carbons (Fsp3) is 0.222. The van der Waals surface area contributed by atoms with Crippen LogP contribution in [-0.2, 0) is 11.0 Å². The van der Waals surface area contributed by atoms with E-state index in [2.05, 4.69) is 4.98 Å². The Hall–Kier alpha value is -1.92. The van der Waals surface area contributed by atoms with Crippen LogP contribution in [0.2, 0.25) is 0 Å². The van der Waals surface area contributed by atoms with Crippen molar-refractivity contribution in [1.82, 2.24) is 10.3 Å². The average Bonchev–Trinajstić information content (AvgIpc) is 2.15. The van der Waals surface area contributed by atoms with Gasteiger partial charge in [-0.25, -0.2) is 0 Å². The predicted octanol–water partition coefficient (Wildman–Crippen LogP) is 1.38. The van der Waals surface area contributed by atoms with Gasteiger partial charge in [0.2, 0.25) is 5.91 Å². The van der Waals surface area contributed by atoms with Crippen molar-refractivity contribution in [2.45, 2.75) is 13.1 Å². The fourth-order valence-electron chi connectivity index (χ4n) is 1.05. The van der Waals surface area contributed by atoms with Crippen molar-refractivity contribution in [3.05, 3.63) is 29.6 Å². The number of imide groups is 1. The van der Waals surface area contributed by atoms with E-state index in [1.54, 1.807) is 5.32 Å². The molecule has 0 bridgehead atoms. The molecule has 0 aliphatic rings. The SMILES string of the molecule is CC(=O)NC(=O)c1cnccc1C(F)(F)F. The number of hydrogen-bond donors (Lipinski definition) is 1. The number of nitrogens with one attached hydrogen (secondary N) is 1. The highest BCUT2D eigenvalue weighted by Gasteiger charge is 2.35. The first kappa shape index (κ1) is 12.2. The highest BCUT2D eigenvalue weighted by Crippen LogP contribution is 2.31. The van der Waals surface area contributed by atoms with Crippen LogP contribution in [0.5, 0.6) is 0 Å². The van der Waals surface area contributed by atoms with Crippen molar-refractivity contribution in [2.75, 3.05) is 0 Å². The quantitative estimate of drug-likeness (QED) is 0.795. The number of pyridine rings is 1. The molecule has 0 saturated heterocycles. The molecule has 1 rings (SSSR count). The van der Waals surface area contributed by atoms with E-state index in [-0.39, 0.29) is 0 Å². The number of carbonyl (C=O) groups excluding carboxylic acids is 2. The lowest BCUT2D eigenvalue weighted by Crippen LogP contribution is -2.30. The van der Waals surface area contributed by atoms with Gasteiger partial charge in [-0.15, -0.1) is 0 Å². The van der Waals surface area contributed by atoms with E-state index >= 15 is 0 Å². The molecule has 1 heterocycles. The zero-order chi connectivity index (χ0) is 12.3. The number of amides is 2. The Morgan fingerprint density at radius 1 is 1.38 bits per heavy atom. The van der Waals surface area contributed by atoms with Gasteiger partial charge in [0.25, 0.3) is 5.91 Å². The second kappa shape index (κ2) is 4.30. The van der Waals surface area contributed by atoms with Gasteiger partial charge in [-0.05, 0) is 6.07 Å². The van der Waals surface area contributed by atoms with Gasteiger partial charge in [0.05, 0.1) is 11.1 Å². The van der Waals surface area contributed by atoms with Gasteiger partial charge in [0.1, 0.15) is 0 Å². The number of carbonyl (C=O) groups is 2. The number of alkyl halides is 3. The number of nitrogens with zero attached hydrogens (tertiary/aromatic N) is 1. The van der Waals surface area contributed by atoms with Crippen LogP contribution in [0.4, 0.5) is 13.2 Å². The first-order valence-corrected chi connectivity index (χ1v) is 4.15. The van der Waals surface area contributed by atoms with Gasteiger partial charge in [0.15, 0.2) is 0 Å². The monoisotopic (exact) mass is 232 g/mol. The molecule has 0 unspecified atom stereocenters. The van der Waals surface area contributed by atoms with E-state index in [9.17, 15) is 22.8 Å². The van der Waals surface area contributed by atoms with Crippen molar-refractivity contribution in [1.29, 1.82) is 0 Å². The minimum atomic E-state index is -4.66. The van der Waals surface area contributed by atoms with Crippen LogP contribution < -0.4 is 5.32 Å². The first-order valence-electron chi connectivity index (χ1n) is 4.15. The lowest BCUT2D eigenvalue weighted by Gasteiger charge is -2.10. The van der Waals surface area contributed by atoms with Gasteiger partial charge in [-0.2, -0.15) is 13.2 Å². The number of rotatable bonds is 1. The Bertz CT molecular complexity index is 429. The lowest BCUT2D eigenvalue weighted by atomic mass is 10.1. The zero-order valence-corrected chi connectivity index (χ0v) is 8.13. The third-order valence-corrected chi connectivity index (χ3v) is 1.66. The number of aromatic nitrogens is 1. The second-order valence-electron chi connectivity index (χ2n) is 2.93. The molecule has 0 atom stereocenters. The zero-order valence-electron chi connectivity index (χ0n) is 8.13. The molecule has 0 aliphatic carbocycles. The molecule has 4 nitrogen and oxygen atoms in total. The molecule has 0 spiro atoms. The molecule has 1 aromatic rings. The summed E-state index contributed by atoms with van der Waals surface area (Å²) in [5, 5.41) is 1.75. The summed E-state index contributed by atoms with van der Waals surface area (Å²) in [4.78, 5) is 25.2. The molecule has 86 valence electrons. The highest BCUT2D eigenvalue weighted by molar-refractivity contribution is 6.04. The van der Waals surface area contributed by atoms with E-state index in [0.717, 1.165) is 19.3 Å². The highest BCUT2D eigenvalue weighted by atomic mass is 19.4. The van der Waals surface area contributed by atoms with Crippen LogP contribution in [0.3, 0.4) is 0 Å². The molecule has 7 heteroatoms. The molecule has 0 aromatic carbocycles. The van der Waals surface area contributed by atoms with Crippen molar-refractivity contribution < 1.29 is 22.8 Å². The maximum atomic E-state index is 12.5. The van der Waals surface area contributed by atoms with E-state index < -0.39 is 29.1 Å². The smallest absolute Gasteiger partial charge is 0.293 e. The summed E-state index contributed by atoms with van der Waals surface area (Å²) in [5.41, 5.74) is -1.80. The maximum Gasteiger partial charge on any atom is 0.417 e. The van der Waals surface area contributed by atoms with Gasteiger partial charge in [0, 0.05) is 19.3 Å². The van der Waals surface area contributed by atoms with Crippen LogP contribution in [0.25, 0.3) is 0 Å². The van der Waals surface area contributed by atoms with Crippen LogP contribution in [0.15, 0.2) is 18.5 Å². The molecule has 1 N–H and O–H groups in total. The number of hydrogen-bond acceptors (Lipinski definition) is 3. The lowest BCUT2D eigenvalue weighted by molar-refractivity contribution is -0.138. The van der Waals surface area contributed by atoms with Gasteiger partial charge < -0.3 is 0 Å². The van der Waals surface area contributed by atoms with Gasteiger partial charge in [-0.3, -0.25) is 19.9 Å². The normalized spacial score (nSPS) is 11.0. The molecule has 0 fully saturated rings. The van der Waals surface area contributed by atoms with Crippen LogP contribution in [-0.4, -0.2) is 16.8 Å². The Morgan fingerprint density at radius 3 is 2.50 bits per heavy atom. The summed E-state index contributed by atoms with van der Waals surface area (Å²) in [6.45, 7) is 1.03. The summed E-state index contributed by atoms with van der Waals surface area (Å²) in [6.07, 6.45) is -2.97. The van der Waals surface area contributed by atoms with Crippen LogP contribution >= 0.6 is 0 Å². The first-order chi connectivity index (χ1) is 7.32. The summed E-state index contributed by atoms with van der Waals surface area (Å²) in [6, 6.07) is 0.676. The Morgan fingerprint density at radius 2 is 2.00 bits per heavy atom. The Kier molecular flexibility index (Phi) is 3.26. The Balaban J connectivity index is 3.14. The van der Waals surface area contributed by atoms with Crippen molar-refractivity contribution in [3.8, 4) is 0 Å². The molecular weight excluding hydrogens is 225 g/mol. The van der Waals surface area contributed by atoms with Crippen molar-refractivity contribution in [2.24, 2.45) is 0 Å². The number of halogens is 3. The minimum absolute atomic E-state index is 0.676.